The summed E-state index contributed by atoms with van der Waals surface area (Å²) < 4.78 is 32.5. The van der Waals surface area contributed by atoms with E-state index in [2.05, 4.69) is 4.72 Å². The molecule has 0 aromatic heterocycles. The van der Waals surface area contributed by atoms with Gasteiger partial charge in [-0.15, -0.1) is 0 Å². The second-order valence-electron chi connectivity index (χ2n) is 4.96. The number of anilines is 1. The number of aryl methyl sites for hydroxylation is 1. The molecule has 1 aromatic carbocycles. The minimum atomic E-state index is -3.50. The second kappa shape index (κ2) is 5.90. The maximum absolute atomic E-state index is 12.2. The van der Waals surface area contributed by atoms with Crippen molar-refractivity contribution < 1.29 is 13.2 Å². The Morgan fingerprint density at radius 1 is 1.47 bits per heavy atom. The maximum Gasteiger partial charge on any atom is 0.240 e. The van der Waals surface area contributed by atoms with E-state index in [4.69, 9.17) is 10.5 Å². The molecule has 0 amide bonds. The van der Waals surface area contributed by atoms with Crippen LogP contribution in [-0.4, -0.2) is 28.2 Å². The quantitative estimate of drug-likeness (QED) is 0.816. The molecule has 1 atom stereocenters. The van der Waals surface area contributed by atoms with Gasteiger partial charge in [0.25, 0.3) is 0 Å². The highest BCUT2D eigenvalue weighted by Crippen LogP contribution is 2.19. The zero-order chi connectivity index (χ0) is 13.9. The molecule has 1 aliphatic rings. The summed E-state index contributed by atoms with van der Waals surface area (Å²) in [5, 5.41) is 0. The number of ether oxygens (including phenoxy) is 1. The molecule has 0 saturated carbocycles. The number of rotatable bonds is 4. The van der Waals surface area contributed by atoms with Crippen LogP contribution < -0.4 is 10.5 Å². The molecule has 0 radical (unpaired) electrons. The molecule has 1 aliphatic heterocycles. The maximum atomic E-state index is 12.2. The Kier molecular flexibility index (Phi) is 4.44. The molecular weight excluding hydrogens is 264 g/mol. The summed E-state index contributed by atoms with van der Waals surface area (Å²) in [4.78, 5) is 0.254. The van der Waals surface area contributed by atoms with E-state index in [-0.39, 0.29) is 10.8 Å². The molecule has 3 N–H and O–H groups in total. The van der Waals surface area contributed by atoms with Crippen molar-refractivity contribution in [2.24, 2.45) is 5.92 Å². The third-order valence-electron chi connectivity index (χ3n) is 3.32. The van der Waals surface area contributed by atoms with Crippen LogP contribution in [0.15, 0.2) is 23.1 Å². The molecule has 0 aliphatic carbocycles. The van der Waals surface area contributed by atoms with E-state index in [9.17, 15) is 8.42 Å². The van der Waals surface area contributed by atoms with Crippen LogP contribution in [0, 0.1) is 12.8 Å². The van der Waals surface area contributed by atoms with Crippen LogP contribution in [0.25, 0.3) is 0 Å². The third kappa shape index (κ3) is 3.68. The van der Waals surface area contributed by atoms with E-state index >= 15 is 0 Å². The minimum Gasteiger partial charge on any atom is -0.399 e. The predicted molar refractivity (Wildman–Crippen MR) is 74.3 cm³/mol. The number of nitrogen functional groups attached to an aromatic ring is 1. The fourth-order valence-electron chi connectivity index (χ4n) is 2.18. The highest BCUT2D eigenvalue weighted by Gasteiger charge is 2.20. The number of nitrogens with one attached hydrogen (secondary N) is 1. The van der Waals surface area contributed by atoms with Gasteiger partial charge in [-0.1, -0.05) is 6.07 Å². The van der Waals surface area contributed by atoms with Gasteiger partial charge >= 0.3 is 0 Å². The van der Waals surface area contributed by atoms with Crippen molar-refractivity contribution in [1.82, 2.24) is 4.72 Å². The lowest BCUT2D eigenvalue weighted by molar-refractivity contribution is 0.0568. The van der Waals surface area contributed by atoms with Crippen LogP contribution in [0.2, 0.25) is 0 Å². The minimum absolute atomic E-state index is 0.254. The van der Waals surface area contributed by atoms with Crippen molar-refractivity contribution in [2.45, 2.75) is 24.7 Å². The van der Waals surface area contributed by atoms with E-state index in [1.54, 1.807) is 19.1 Å². The molecule has 1 fully saturated rings. The summed E-state index contributed by atoms with van der Waals surface area (Å²) in [5.41, 5.74) is 6.80. The first-order valence-corrected chi connectivity index (χ1v) is 7.91. The van der Waals surface area contributed by atoms with Crippen molar-refractivity contribution in [3.63, 3.8) is 0 Å². The Morgan fingerprint density at radius 3 is 2.95 bits per heavy atom. The van der Waals surface area contributed by atoms with Crippen molar-refractivity contribution in [1.29, 1.82) is 0 Å². The largest absolute Gasteiger partial charge is 0.399 e. The first-order valence-electron chi connectivity index (χ1n) is 6.42. The number of hydrogen-bond acceptors (Lipinski definition) is 4. The van der Waals surface area contributed by atoms with E-state index in [1.807, 2.05) is 0 Å². The van der Waals surface area contributed by atoms with Crippen LogP contribution in [0.5, 0.6) is 0 Å². The lowest BCUT2D eigenvalue weighted by Crippen LogP contribution is -2.33. The van der Waals surface area contributed by atoms with Gasteiger partial charge in [0, 0.05) is 18.8 Å². The highest BCUT2D eigenvalue weighted by molar-refractivity contribution is 7.89. The van der Waals surface area contributed by atoms with Crippen LogP contribution in [0.3, 0.4) is 0 Å². The van der Waals surface area contributed by atoms with E-state index in [0.717, 1.165) is 19.4 Å². The Balaban J connectivity index is 2.07. The van der Waals surface area contributed by atoms with Crippen molar-refractivity contribution >= 4 is 15.7 Å². The highest BCUT2D eigenvalue weighted by atomic mass is 32.2. The predicted octanol–water partition coefficient (Wildman–Crippen LogP) is 1.28. The average Bonchev–Trinajstić information content (AvgIpc) is 2.40. The smallest absolute Gasteiger partial charge is 0.240 e. The first-order chi connectivity index (χ1) is 8.99. The van der Waals surface area contributed by atoms with Gasteiger partial charge in [0.2, 0.25) is 10.0 Å². The van der Waals surface area contributed by atoms with Gasteiger partial charge in [-0.25, -0.2) is 13.1 Å². The first kappa shape index (κ1) is 14.3. The molecule has 1 unspecified atom stereocenters. The van der Waals surface area contributed by atoms with Crippen molar-refractivity contribution in [3.8, 4) is 0 Å². The van der Waals surface area contributed by atoms with Crippen LogP contribution >= 0.6 is 0 Å². The molecule has 2 rings (SSSR count). The van der Waals surface area contributed by atoms with Crippen molar-refractivity contribution in [3.05, 3.63) is 23.8 Å². The monoisotopic (exact) mass is 284 g/mol. The Morgan fingerprint density at radius 2 is 2.26 bits per heavy atom. The zero-order valence-electron chi connectivity index (χ0n) is 11.1. The van der Waals surface area contributed by atoms with Crippen LogP contribution in [0.1, 0.15) is 18.4 Å². The average molecular weight is 284 g/mol. The molecule has 1 saturated heterocycles. The molecule has 1 heterocycles. The molecule has 0 bridgehead atoms. The molecule has 0 spiro atoms. The number of nitrogens with two attached hydrogens (primary N) is 1. The summed E-state index contributed by atoms with van der Waals surface area (Å²) in [6, 6.07) is 4.91. The topological polar surface area (TPSA) is 81.4 Å². The standard InChI is InChI=1S/C13H20N2O3S/c1-10-4-5-12(14)7-13(10)19(16,17)15-8-11-3-2-6-18-9-11/h4-5,7,11,15H,2-3,6,8-9,14H2,1H3. The van der Waals surface area contributed by atoms with Gasteiger partial charge in [-0.3, -0.25) is 0 Å². The summed E-state index contributed by atoms with van der Waals surface area (Å²) in [5.74, 6) is 0.255. The fraction of sp³-hybridized carbons (Fsp3) is 0.538. The van der Waals surface area contributed by atoms with Crippen molar-refractivity contribution in [2.75, 3.05) is 25.5 Å². The summed E-state index contributed by atoms with van der Waals surface area (Å²) in [6.45, 7) is 3.57. The fourth-order valence-corrected chi connectivity index (χ4v) is 3.57. The molecule has 1 aromatic rings. The van der Waals surface area contributed by atoms with Gasteiger partial charge in [0.1, 0.15) is 0 Å². The van der Waals surface area contributed by atoms with E-state index in [0.29, 0.717) is 24.4 Å². The Labute approximate surface area is 114 Å². The summed E-state index contributed by atoms with van der Waals surface area (Å²) >= 11 is 0. The lowest BCUT2D eigenvalue weighted by atomic mass is 10.0. The lowest BCUT2D eigenvalue weighted by Gasteiger charge is -2.22. The molecule has 6 heteroatoms. The Bertz CT molecular complexity index is 537. The molecular formula is C13H20N2O3S. The summed E-state index contributed by atoms with van der Waals surface area (Å²) in [6.07, 6.45) is 1.99. The van der Waals surface area contributed by atoms with Gasteiger partial charge in [-0.2, -0.15) is 0 Å². The van der Waals surface area contributed by atoms with Gasteiger partial charge in [-0.05, 0) is 43.4 Å². The zero-order valence-corrected chi connectivity index (χ0v) is 11.9. The summed E-state index contributed by atoms with van der Waals surface area (Å²) in [7, 11) is -3.50. The van der Waals surface area contributed by atoms with E-state index < -0.39 is 10.0 Å². The van der Waals surface area contributed by atoms with Gasteiger partial charge < -0.3 is 10.5 Å². The van der Waals surface area contributed by atoms with Gasteiger partial charge in [0.05, 0.1) is 11.5 Å². The van der Waals surface area contributed by atoms with Crippen LogP contribution in [0.4, 0.5) is 5.69 Å². The number of sulfonamides is 1. The van der Waals surface area contributed by atoms with E-state index in [1.165, 1.54) is 6.07 Å². The Hall–Kier alpha value is -1.11. The number of hydrogen-bond donors (Lipinski definition) is 2. The van der Waals surface area contributed by atoms with Gasteiger partial charge in [0.15, 0.2) is 0 Å². The third-order valence-corrected chi connectivity index (χ3v) is 4.88. The molecule has 19 heavy (non-hydrogen) atoms. The normalized spacial score (nSPS) is 20.4. The SMILES string of the molecule is Cc1ccc(N)cc1S(=O)(=O)NCC1CCCOC1. The molecule has 106 valence electrons. The second-order valence-corrected chi connectivity index (χ2v) is 6.70. The van der Waals surface area contributed by atoms with Crippen LogP contribution in [-0.2, 0) is 14.8 Å². The number of benzene rings is 1. The molecule has 5 nitrogen and oxygen atoms in total.